The van der Waals surface area contributed by atoms with E-state index >= 15 is 0 Å². The number of hydrogen-bond donors (Lipinski definition) is 2. The molecule has 106 valence electrons. The van der Waals surface area contributed by atoms with Crippen molar-refractivity contribution in [2.75, 3.05) is 23.2 Å². The van der Waals surface area contributed by atoms with E-state index in [9.17, 15) is 13.2 Å². The quantitative estimate of drug-likeness (QED) is 0.789. The van der Waals surface area contributed by atoms with Crippen LogP contribution in [0, 0.1) is 0 Å². The summed E-state index contributed by atoms with van der Waals surface area (Å²) in [6.07, 6.45) is -1.00. The van der Waals surface area contributed by atoms with Crippen LogP contribution < -0.4 is 14.8 Å². The average Bonchev–Trinajstić information content (AvgIpc) is 2.31. The number of carbonyl (C=O) groups excluding carboxylic acids is 1. The molecule has 1 aromatic carbocycles. The minimum atomic E-state index is -3.99. The van der Waals surface area contributed by atoms with Crippen LogP contribution in [0.2, 0.25) is 0 Å². The molecule has 1 rings (SSSR count). The van der Waals surface area contributed by atoms with Gasteiger partial charge in [0, 0.05) is 12.2 Å². The number of nitrogens with one attached hydrogen (secondary N) is 1. The van der Waals surface area contributed by atoms with Crippen molar-refractivity contribution >= 4 is 27.7 Å². The number of nitrogen functional groups attached to an aromatic ring is 1. The van der Waals surface area contributed by atoms with Gasteiger partial charge in [0.05, 0.1) is 12.3 Å². The van der Waals surface area contributed by atoms with Crippen LogP contribution in [0.1, 0.15) is 13.8 Å². The molecule has 1 amide bonds. The fraction of sp³-hybridized carbons (Fsp3) is 0.364. The minimum Gasteiger partial charge on any atom is -0.449 e. The van der Waals surface area contributed by atoms with Crippen LogP contribution in [-0.4, -0.2) is 27.7 Å². The fourth-order valence-corrected chi connectivity index (χ4v) is 2.57. The van der Waals surface area contributed by atoms with E-state index in [1.807, 2.05) is 4.72 Å². The highest BCUT2D eigenvalue weighted by molar-refractivity contribution is 7.91. The smallest absolute Gasteiger partial charge is 0.422 e. The number of nitrogens with two attached hydrogens (primary N) is 1. The normalized spacial score (nSPS) is 10.8. The summed E-state index contributed by atoms with van der Waals surface area (Å²) in [6.45, 7) is 3.50. The van der Waals surface area contributed by atoms with Crippen LogP contribution in [-0.2, 0) is 14.9 Å². The Hall–Kier alpha value is -1.96. The Balaban J connectivity index is 2.95. The number of carbonyl (C=O) groups is 1. The van der Waals surface area contributed by atoms with Gasteiger partial charge >= 0.3 is 16.3 Å². The van der Waals surface area contributed by atoms with Crippen molar-refractivity contribution in [2.45, 2.75) is 13.8 Å². The van der Waals surface area contributed by atoms with Crippen molar-refractivity contribution < 1.29 is 17.9 Å². The molecule has 0 aliphatic heterocycles. The van der Waals surface area contributed by atoms with Crippen LogP contribution in [0.25, 0.3) is 0 Å². The van der Waals surface area contributed by atoms with Gasteiger partial charge in [-0.25, -0.2) is 9.52 Å². The molecular weight excluding hydrogens is 270 g/mol. The highest BCUT2D eigenvalue weighted by Crippen LogP contribution is 2.18. The molecule has 0 aliphatic rings. The second-order valence-electron chi connectivity index (χ2n) is 3.58. The molecule has 0 saturated heterocycles. The number of benzene rings is 1. The maximum Gasteiger partial charge on any atom is 0.422 e. The largest absolute Gasteiger partial charge is 0.449 e. The Bertz CT molecular complexity index is 527. The number of amides is 1. The lowest BCUT2D eigenvalue weighted by Crippen LogP contribution is -2.43. The number of rotatable bonds is 5. The van der Waals surface area contributed by atoms with Gasteiger partial charge in [0.15, 0.2) is 0 Å². The summed E-state index contributed by atoms with van der Waals surface area (Å²) in [7, 11) is -3.99. The molecule has 0 aromatic heterocycles. The predicted molar refractivity (Wildman–Crippen MR) is 73.0 cm³/mol. The van der Waals surface area contributed by atoms with E-state index in [1.165, 1.54) is 0 Å². The van der Waals surface area contributed by atoms with Gasteiger partial charge in [-0.15, -0.1) is 0 Å². The molecule has 8 heteroatoms. The van der Waals surface area contributed by atoms with E-state index in [4.69, 9.17) is 5.73 Å². The first-order valence-electron chi connectivity index (χ1n) is 5.73. The third kappa shape index (κ3) is 4.02. The SMILES string of the molecule is CCOC(=O)NS(=O)(=O)N(CC)c1ccc(N)cc1. The van der Waals surface area contributed by atoms with E-state index in [0.717, 1.165) is 4.31 Å². The van der Waals surface area contributed by atoms with Gasteiger partial charge in [0.2, 0.25) is 0 Å². The minimum absolute atomic E-state index is 0.0926. The molecule has 0 spiro atoms. The molecule has 0 bridgehead atoms. The molecule has 0 radical (unpaired) electrons. The van der Waals surface area contributed by atoms with Gasteiger partial charge in [0.25, 0.3) is 0 Å². The summed E-state index contributed by atoms with van der Waals surface area (Å²) < 4.78 is 31.5. The Labute approximate surface area is 112 Å². The summed E-state index contributed by atoms with van der Waals surface area (Å²) in [6, 6.07) is 6.28. The van der Waals surface area contributed by atoms with Gasteiger partial charge < -0.3 is 10.5 Å². The summed E-state index contributed by atoms with van der Waals surface area (Å²) in [5.41, 5.74) is 6.47. The highest BCUT2D eigenvalue weighted by Gasteiger charge is 2.23. The van der Waals surface area contributed by atoms with Crippen molar-refractivity contribution in [2.24, 2.45) is 0 Å². The van der Waals surface area contributed by atoms with E-state index in [0.29, 0.717) is 11.4 Å². The third-order valence-electron chi connectivity index (χ3n) is 2.25. The van der Waals surface area contributed by atoms with Crippen molar-refractivity contribution in [1.82, 2.24) is 4.72 Å². The van der Waals surface area contributed by atoms with E-state index in [1.54, 1.807) is 38.1 Å². The summed E-state index contributed by atoms with van der Waals surface area (Å²) in [4.78, 5) is 11.2. The Kier molecular flexibility index (Phi) is 4.99. The monoisotopic (exact) mass is 287 g/mol. The van der Waals surface area contributed by atoms with Crippen molar-refractivity contribution in [3.05, 3.63) is 24.3 Å². The van der Waals surface area contributed by atoms with Crippen LogP contribution in [0.15, 0.2) is 24.3 Å². The molecule has 0 atom stereocenters. The lowest BCUT2D eigenvalue weighted by Gasteiger charge is -2.22. The first kappa shape index (κ1) is 15.1. The molecule has 7 nitrogen and oxygen atoms in total. The molecule has 1 aromatic rings. The van der Waals surface area contributed by atoms with Gasteiger partial charge in [-0.3, -0.25) is 4.31 Å². The zero-order valence-electron chi connectivity index (χ0n) is 10.8. The number of hydrogen-bond acceptors (Lipinski definition) is 5. The molecule has 0 unspecified atom stereocenters. The number of anilines is 2. The molecule has 3 N–H and O–H groups in total. The van der Waals surface area contributed by atoms with Crippen LogP contribution in [0.5, 0.6) is 0 Å². The Morgan fingerprint density at radius 1 is 1.32 bits per heavy atom. The lowest BCUT2D eigenvalue weighted by atomic mass is 10.3. The Morgan fingerprint density at radius 3 is 2.37 bits per heavy atom. The standard InChI is InChI=1S/C11H17N3O4S/c1-3-14(10-7-5-9(12)6-8-10)19(16,17)13-11(15)18-4-2/h5-8H,3-4,12H2,1-2H3,(H,13,15). The third-order valence-corrected chi connectivity index (χ3v) is 3.72. The maximum atomic E-state index is 12.0. The van der Waals surface area contributed by atoms with Gasteiger partial charge in [0.1, 0.15) is 0 Å². The van der Waals surface area contributed by atoms with Gasteiger partial charge in [-0.05, 0) is 38.1 Å². The first-order chi connectivity index (χ1) is 8.90. The zero-order valence-corrected chi connectivity index (χ0v) is 11.6. The second-order valence-corrected chi connectivity index (χ2v) is 5.18. The Morgan fingerprint density at radius 2 is 1.89 bits per heavy atom. The van der Waals surface area contributed by atoms with Crippen LogP contribution in [0.4, 0.5) is 16.2 Å². The summed E-state index contributed by atoms with van der Waals surface area (Å²) in [5.74, 6) is 0. The number of nitrogens with zero attached hydrogens (tertiary/aromatic N) is 1. The van der Waals surface area contributed by atoms with Gasteiger partial charge in [-0.2, -0.15) is 8.42 Å². The van der Waals surface area contributed by atoms with E-state index in [2.05, 4.69) is 4.74 Å². The van der Waals surface area contributed by atoms with Crippen molar-refractivity contribution in [3.8, 4) is 0 Å². The molecule has 0 saturated carbocycles. The van der Waals surface area contributed by atoms with Crippen LogP contribution in [0.3, 0.4) is 0 Å². The van der Waals surface area contributed by atoms with E-state index < -0.39 is 16.3 Å². The zero-order chi connectivity index (χ0) is 14.5. The van der Waals surface area contributed by atoms with E-state index in [-0.39, 0.29) is 13.2 Å². The molecular formula is C11H17N3O4S. The van der Waals surface area contributed by atoms with Crippen LogP contribution >= 0.6 is 0 Å². The van der Waals surface area contributed by atoms with Crippen molar-refractivity contribution in [3.63, 3.8) is 0 Å². The molecule has 19 heavy (non-hydrogen) atoms. The first-order valence-corrected chi connectivity index (χ1v) is 7.17. The summed E-state index contributed by atoms with van der Waals surface area (Å²) >= 11 is 0. The fourth-order valence-electron chi connectivity index (χ4n) is 1.45. The van der Waals surface area contributed by atoms with Crippen molar-refractivity contribution in [1.29, 1.82) is 0 Å². The maximum absolute atomic E-state index is 12.0. The molecule has 0 aliphatic carbocycles. The highest BCUT2D eigenvalue weighted by atomic mass is 32.2. The topological polar surface area (TPSA) is 102 Å². The predicted octanol–water partition coefficient (Wildman–Crippen LogP) is 1.09. The second kappa shape index (κ2) is 6.28. The average molecular weight is 287 g/mol. The molecule has 0 fully saturated rings. The molecule has 0 heterocycles. The number of ether oxygens (including phenoxy) is 1. The summed E-state index contributed by atoms with van der Waals surface area (Å²) in [5, 5.41) is 0. The van der Waals surface area contributed by atoms with Gasteiger partial charge in [-0.1, -0.05) is 0 Å². The lowest BCUT2D eigenvalue weighted by molar-refractivity contribution is 0.158.